The average molecular weight is 412 g/mol. The number of nitrogens with one attached hydrogen (secondary N) is 2. The van der Waals surface area contributed by atoms with Crippen molar-refractivity contribution in [3.8, 4) is 5.88 Å². The van der Waals surface area contributed by atoms with Crippen LogP contribution in [0.1, 0.15) is 6.92 Å². The Morgan fingerprint density at radius 3 is 2.71 bits per heavy atom. The molecule has 2 aliphatic rings. The molecule has 2 fully saturated rings. The largest absolute Gasteiger partial charge is 0.473 e. The number of carbonyl (C=O) groups excluding carboxylic acids is 1. The van der Waals surface area contributed by atoms with Crippen molar-refractivity contribution in [3.63, 3.8) is 0 Å². The molecule has 3 atom stereocenters. The Morgan fingerprint density at radius 1 is 1.46 bits per heavy atom. The highest BCUT2D eigenvalue weighted by atomic mass is 32.2. The number of pyridine rings is 1. The van der Waals surface area contributed by atoms with Crippen molar-refractivity contribution in [3.05, 3.63) is 30.2 Å². The second kappa shape index (κ2) is 7.76. The molecule has 0 bridgehead atoms. The molecule has 3 rings (SSSR count). The van der Waals surface area contributed by atoms with Gasteiger partial charge in [0.2, 0.25) is 21.8 Å². The van der Waals surface area contributed by atoms with Crippen LogP contribution in [-0.4, -0.2) is 64.0 Å². The second-order valence-electron chi connectivity index (χ2n) is 7.42. The topological polar surface area (TPSA) is 101 Å². The molecule has 0 unspecified atom stereocenters. The van der Waals surface area contributed by atoms with E-state index in [-0.39, 0.29) is 40.5 Å². The minimum absolute atomic E-state index is 0.0173. The van der Waals surface area contributed by atoms with Gasteiger partial charge in [-0.3, -0.25) is 4.79 Å². The number of sulfonamides is 1. The van der Waals surface area contributed by atoms with Gasteiger partial charge in [0.1, 0.15) is 11.5 Å². The van der Waals surface area contributed by atoms with E-state index in [0.717, 1.165) is 0 Å². The van der Waals surface area contributed by atoms with Crippen LogP contribution < -0.4 is 15.4 Å². The molecule has 28 heavy (non-hydrogen) atoms. The zero-order valence-corrected chi connectivity index (χ0v) is 16.9. The molecule has 1 saturated carbocycles. The van der Waals surface area contributed by atoms with Crippen LogP contribution in [0.3, 0.4) is 0 Å². The van der Waals surface area contributed by atoms with E-state index >= 15 is 0 Å². The Balaban J connectivity index is 1.64. The number of hydrogen-bond donors (Lipinski definition) is 2. The lowest BCUT2D eigenvalue weighted by Gasteiger charge is -2.21. The fraction of sp³-hybridized carbons (Fsp3) is 0.556. The van der Waals surface area contributed by atoms with Crippen LogP contribution in [0.15, 0.2) is 35.1 Å². The summed E-state index contributed by atoms with van der Waals surface area (Å²) in [7, 11) is -0.407. The van der Waals surface area contributed by atoms with Gasteiger partial charge in [0.05, 0.1) is 12.5 Å². The van der Waals surface area contributed by atoms with Gasteiger partial charge in [-0.05, 0) is 24.4 Å². The maximum absolute atomic E-state index is 12.9. The number of carbonyl (C=O) groups is 1. The third-order valence-electron chi connectivity index (χ3n) is 5.61. The summed E-state index contributed by atoms with van der Waals surface area (Å²) in [5.74, 6) is 0.0853. The Labute approximate surface area is 164 Å². The molecule has 154 valence electrons. The molecule has 1 saturated heterocycles. The summed E-state index contributed by atoms with van der Waals surface area (Å²) >= 11 is 0. The van der Waals surface area contributed by atoms with Gasteiger partial charge >= 0.3 is 0 Å². The Hall–Kier alpha value is -2.04. The van der Waals surface area contributed by atoms with E-state index in [4.69, 9.17) is 4.74 Å². The van der Waals surface area contributed by atoms with Crippen molar-refractivity contribution in [1.29, 1.82) is 0 Å². The molecule has 1 amide bonds. The molecule has 10 heteroatoms. The molecule has 1 aliphatic carbocycles. The molecule has 1 aromatic rings. The molecule has 0 spiro atoms. The van der Waals surface area contributed by atoms with Gasteiger partial charge in [-0.15, -0.1) is 0 Å². The number of ether oxygens (including phenoxy) is 1. The zero-order valence-electron chi connectivity index (χ0n) is 16.1. The lowest BCUT2D eigenvalue weighted by atomic mass is 10.1. The molecule has 0 radical (unpaired) electrons. The van der Waals surface area contributed by atoms with Gasteiger partial charge in [-0.25, -0.2) is 17.8 Å². The molecular weight excluding hydrogens is 387 g/mol. The standard InChI is InChI=1S/C18H25FN4O4S/c1-18-11-23(9-14(18)16(18)17(24)21-3)28(25,26)13-4-5-15(22-8-13)27-10-12(6-19)7-20-2/h4-6,8,14,16,20H,7,9-11H2,1-3H3,(H,21,24)/b12-6+/t14-,16+,18-/m1/s1. The first kappa shape index (κ1) is 20.7. The summed E-state index contributed by atoms with van der Waals surface area (Å²) in [6.45, 7) is 2.94. The maximum atomic E-state index is 12.9. The zero-order chi connectivity index (χ0) is 20.5. The van der Waals surface area contributed by atoms with E-state index in [9.17, 15) is 17.6 Å². The van der Waals surface area contributed by atoms with Crippen LogP contribution in [0.4, 0.5) is 4.39 Å². The molecular formula is C18H25FN4O4S. The number of halogens is 1. The molecule has 0 aromatic carbocycles. The molecule has 2 heterocycles. The van der Waals surface area contributed by atoms with Crippen LogP contribution in [0.25, 0.3) is 0 Å². The van der Waals surface area contributed by atoms with Gasteiger partial charge in [0, 0.05) is 44.2 Å². The van der Waals surface area contributed by atoms with E-state index in [1.807, 2.05) is 6.92 Å². The highest BCUT2D eigenvalue weighted by molar-refractivity contribution is 7.89. The summed E-state index contributed by atoms with van der Waals surface area (Å²) in [4.78, 5) is 16.0. The second-order valence-corrected chi connectivity index (χ2v) is 9.36. The summed E-state index contributed by atoms with van der Waals surface area (Å²) in [6.07, 6.45) is 1.71. The quantitative estimate of drug-likeness (QED) is 0.646. The van der Waals surface area contributed by atoms with Crippen LogP contribution in [-0.2, 0) is 14.8 Å². The van der Waals surface area contributed by atoms with Crippen molar-refractivity contribution in [2.24, 2.45) is 17.3 Å². The van der Waals surface area contributed by atoms with Crippen LogP contribution in [0.5, 0.6) is 5.88 Å². The maximum Gasteiger partial charge on any atom is 0.244 e. The number of piperidine rings is 1. The van der Waals surface area contributed by atoms with E-state index in [0.29, 0.717) is 31.5 Å². The van der Waals surface area contributed by atoms with Crippen molar-refractivity contribution in [1.82, 2.24) is 19.9 Å². The van der Waals surface area contributed by atoms with E-state index in [2.05, 4.69) is 15.6 Å². The molecule has 2 N–H and O–H groups in total. The van der Waals surface area contributed by atoms with Gasteiger partial charge in [0.25, 0.3) is 0 Å². The van der Waals surface area contributed by atoms with E-state index < -0.39 is 10.0 Å². The van der Waals surface area contributed by atoms with Crippen LogP contribution >= 0.6 is 0 Å². The van der Waals surface area contributed by atoms with Crippen LogP contribution in [0, 0.1) is 17.3 Å². The fourth-order valence-electron chi connectivity index (χ4n) is 3.94. The summed E-state index contributed by atoms with van der Waals surface area (Å²) in [6, 6.07) is 2.88. The highest BCUT2D eigenvalue weighted by Gasteiger charge is 2.70. The van der Waals surface area contributed by atoms with Crippen molar-refractivity contribution < 1.29 is 22.3 Å². The number of likely N-dealkylation sites (N-methyl/N-ethyl adjacent to an activating group) is 1. The van der Waals surface area contributed by atoms with Crippen LogP contribution in [0.2, 0.25) is 0 Å². The first-order chi connectivity index (χ1) is 13.3. The summed E-state index contributed by atoms with van der Waals surface area (Å²) in [5.41, 5.74) is 0.0997. The normalized spacial score (nSPS) is 27.4. The highest BCUT2D eigenvalue weighted by Crippen LogP contribution is 2.63. The summed E-state index contributed by atoms with van der Waals surface area (Å²) < 4.78 is 45.2. The minimum Gasteiger partial charge on any atom is -0.473 e. The van der Waals surface area contributed by atoms with Gasteiger partial charge in [-0.1, -0.05) is 6.92 Å². The van der Waals surface area contributed by atoms with E-state index in [1.54, 1.807) is 14.1 Å². The Bertz CT molecular complexity index is 874. The van der Waals surface area contributed by atoms with E-state index in [1.165, 1.54) is 22.6 Å². The lowest BCUT2D eigenvalue weighted by Crippen LogP contribution is -2.36. The molecule has 1 aromatic heterocycles. The third-order valence-corrected chi connectivity index (χ3v) is 7.40. The van der Waals surface area contributed by atoms with Crippen molar-refractivity contribution in [2.75, 3.05) is 40.3 Å². The average Bonchev–Trinajstić information content (AvgIpc) is 3.09. The van der Waals surface area contributed by atoms with Crippen molar-refractivity contribution in [2.45, 2.75) is 11.8 Å². The number of rotatable bonds is 8. The predicted molar refractivity (Wildman–Crippen MR) is 101 cm³/mol. The monoisotopic (exact) mass is 412 g/mol. The number of fused-ring (bicyclic) bond motifs is 1. The Kier molecular flexibility index (Phi) is 5.74. The number of aromatic nitrogens is 1. The summed E-state index contributed by atoms with van der Waals surface area (Å²) in [5, 5.41) is 5.46. The smallest absolute Gasteiger partial charge is 0.244 e. The SMILES string of the molecule is CNC/C(=C\F)COc1ccc(S(=O)(=O)N2C[C@@H]3[C@@H](C(=O)NC)[C@]3(C)C2)cn1. The van der Waals surface area contributed by atoms with Gasteiger partial charge in [-0.2, -0.15) is 4.31 Å². The Morgan fingerprint density at radius 2 is 2.21 bits per heavy atom. The molecule has 8 nitrogen and oxygen atoms in total. The first-order valence-corrected chi connectivity index (χ1v) is 10.4. The lowest BCUT2D eigenvalue weighted by molar-refractivity contribution is -0.123. The van der Waals surface area contributed by atoms with Gasteiger partial charge < -0.3 is 15.4 Å². The third kappa shape index (κ3) is 3.63. The predicted octanol–water partition coefficient (Wildman–Crippen LogP) is 0.536. The fourth-order valence-corrected chi connectivity index (χ4v) is 5.47. The number of hydrogen-bond acceptors (Lipinski definition) is 6. The number of nitrogens with zero attached hydrogens (tertiary/aromatic N) is 2. The van der Waals surface area contributed by atoms with Gasteiger partial charge in [0.15, 0.2) is 0 Å². The minimum atomic E-state index is -3.69. The van der Waals surface area contributed by atoms with Crippen molar-refractivity contribution >= 4 is 15.9 Å². The first-order valence-electron chi connectivity index (χ1n) is 9.01. The molecule has 1 aliphatic heterocycles. The number of amides is 1.